The Morgan fingerprint density at radius 1 is 1.10 bits per heavy atom. The zero-order chi connectivity index (χ0) is 22.6. The molecule has 1 atom stereocenters. The van der Waals surface area contributed by atoms with E-state index in [0.29, 0.717) is 25.0 Å². The van der Waals surface area contributed by atoms with E-state index in [1.807, 2.05) is 17.0 Å². The second kappa shape index (κ2) is 13.6. The normalized spacial score (nSPS) is 15.5. The third kappa shape index (κ3) is 7.15. The summed E-state index contributed by atoms with van der Waals surface area (Å²) in [4.78, 5) is 6.83. The number of hydrogen-bond acceptors (Lipinski definition) is 2. The smallest absolute Gasteiger partial charge is 0.0916 e. The molecule has 1 fully saturated rings. The number of fused-ring (bicyclic) bond motifs is 2. The molecule has 171 valence electrons. The first-order valence-corrected chi connectivity index (χ1v) is 13.2. The number of nitrogens with zero attached hydrogens (tertiary/aromatic N) is 3. The van der Waals surface area contributed by atoms with E-state index in [2.05, 4.69) is 51.1 Å². The van der Waals surface area contributed by atoms with Gasteiger partial charge in [-0.15, -0.1) is 0 Å². The minimum Gasteiger partial charge on any atom is -0.677 e. The number of anilines is 1. The van der Waals surface area contributed by atoms with Crippen molar-refractivity contribution in [2.24, 2.45) is 0 Å². The standard InChI is InChI=1S/C20H21N4.C3H8N2.ClH.Pt/c1-14(21)24-12-6-7-15(13-24)22-20-16-8-2-4-10-18(16)23-19-11-5-3-9-17(19)20;4-2-1-3-5;;/h2-5,8-11,15H,6-7,12-13H2,1H3,(H,22,23);4-5H,1-3H2;1H;/q-1;-2;;+1/p-1/t15-;;;/m1.../s1. The van der Waals surface area contributed by atoms with E-state index in [9.17, 15) is 5.41 Å². The van der Waals surface area contributed by atoms with Crippen molar-refractivity contribution >= 4 is 42.7 Å². The molecule has 1 aromatic heterocycles. The molecule has 0 spiro atoms. The molecule has 1 aliphatic heterocycles. The number of amidine groups is 1. The third-order valence-corrected chi connectivity index (χ3v) is 5.17. The molecule has 0 radical (unpaired) electrons. The van der Waals surface area contributed by atoms with Crippen LogP contribution in [-0.2, 0) is 18.8 Å². The Hall–Kier alpha value is -1.72. The predicted octanol–water partition coefficient (Wildman–Crippen LogP) is 6.42. The zero-order valence-electron chi connectivity index (χ0n) is 17.7. The summed E-state index contributed by atoms with van der Waals surface area (Å²) in [5.41, 5.74) is 16.1. The maximum absolute atomic E-state index is 9.81. The molecule has 2 aromatic carbocycles. The average molecular weight is 620 g/mol. The van der Waals surface area contributed by atoms with E-state index in [4.69, 9.17) is 16.5 Å². The Kier molecular flexibility index (Phi) is 11.2. The second-order valence-corrected chi connectivity index (χ2v) is 7.35. The van der Waals surface area contributed by atoms with E-state index in [0.717, 1.165) is 59.8 Å². The van der Waals surface area contributed by atoms with Crippen molar-refractivity contribution in [3.63, 3.8) is 0 Å². The summed E-state index contributed by atoms with van der Waals surface area (Å²) in [5, 5.41) is 15.9. The molecule has 31 heavy (non-hydrogen) atoms. The predicted molar refractivity (Wildman–Crippen MR) is 130 cm³/mol. The summed E-state index contributed by atoms with van der Waals surface area (Å²) in [7, 11) is 4.61. The third-order valence-electron chi connectivity index (χ3n) is 5.17. The van der Waals surface area contributed by atoms with Crippen LogP contribution in [0.4, 0.5) is 5.69 Å². The molecule has 6 nitrogen and oxygen atoms in total. The van der Waals surface area contributed by atoms with Crippen molar-refractivity contribution in [1.29, 1.82) is 0 Å². The van der Waals surface area contributed by atoms with Gasteiger partial charge in [0.15, 0.2) is 0 Å². The first-order valence-electron chi connectivity index (χ1n) is 10.4. The van der Waals surface area contributed by atoms with Crippen molar-refractivity contribution in [2.45, 2.75) is 32.2 Å². The molecule has 1 aliphatic rings. The van der Waals surface area contributed by atoms with Gasteiger partial charge in [0, 0.05) is 16.8 Å². The molecular formula is C23H29ClN6Pt-3. The summed E-state index contributed by atoms with van der Waals surface area (Å²) in [6.45, 7) is 4.33. The van der Waals surface area contributed by atoms with Crippen molar-refractivity contribution < 1.29 is 18.8 Å². The van der Waals surface area contributed by atoms with Crippen LogP contribution >= 0.6 is 9.42 Å². The molecule has 0 bridgehead atoms. The van der Waals surface area contributed by atoms with Crippen molar-refractivity contribution in [3.05, 3.63) is 65.4 Å². The minimum atomic E-state index is 0.315. The van der Waals surface area contributed by atoms with Crippen LogP contribution in [0.2, 0.25) is 0 Å². The maximum atomic E-state index is 9.81. The monoisotopic (exact) mass is 619 g/mol. The molecule has 3 aromatic rings. The summed E-state index contributed by atoms with van der Waals surface area (Å²) in [6.07, 6.45) is 2.91. The number of benzene rings is 2. The SMILES string of the molecule is CC(=[N-])N1CCC[C@@H](Nc2c3ccccc3nc3ccccc23)C1.[Cl][Pt].[NH-]CCC[NH-]. The number of rotatable bonds is 4. The topological polar surface area (TPSA) is 98.1 Å². The Bertz CT molecular complexity index is 911. The molecule has 0 amide bonds. The molecule has 1 saturated heterocycles. The summed E-state index contributed by atoms with van der Waals surface area (Å²) >= 11 is 1.61. The van der Waals surface area contributed by atoms with Crippen LogP contribution in [0.25, 0.3) is 38.7 Å². The number of piperidine rings is 1. The zero-order valence-corrected chi connectivity index (χ0v) is 20.7. The molecule has 4 rings (SSSR count). The van der Waals surface area contributed by atoms with Crippen molar-refractivity contribution in [1.82, 2.24) is 9.88 Å². The van der Waals surface area contributed by atoms with Crippen LogP contribution in [-0.4, -0.2) is 47.9 Å². The van der Waals surface area contributed by atoms with Crippen LogP contribution in [0.15, 0.2) is 48.5 Å². The van der Waals surface area contributed by atoms with Crippen molar-refractivity contribution in [3.8, 4) is 0 Å². The molecule has 0 saturated carbocycles. The first kappa shape index (κ1) is 25.5. The number of halogens is 1. The fourth-order valence-electron chi connectivity index (χ4n) is 3.68. The number of pyridine rings is 1. The Labute approximate surface area is 200 Å². The number of hydrogen-bond donors (Lipinski definition) is 1. The van der Waals surface area contributed by atoms with Crippen LogP contribution in [0, 0.1) is 0 Å². The van der Waals surface area contributed by atoms with Gasteiger partial charge in [-0.05, 0) is 32.0 Å². The average Bonchev–Trinajstić information content (AvgIpc) is 2.81. The molecule has 3 N–H and O–H groups in total. The second-order valence-electron chi connectivity index (χ2n) is 7.35. The maximum Gasteiger partial charge on any atom is -0.0916 e. The fraction of sp³-hybridized carbons (Fsp3) is 0.391. The van der Waals surface area contributed by atoms with Crippen LogP contribution in [0.5, 0.6) is 0 Å². The summed E-state index contributed by atoms with van der Waals surface area (Å²) < 4.78 is 0. The van der Waals surface area contributed by atoms with Gasteiger partial charge >= 0.3 is 28.2 Å². The minimum absolute atomic E-state index is 0.315. The van der Waals surface area contributed by atoms with Gasteiger partial charge in [-0.2, -0.15) is 13.1 Å². The Balaban J connectivity index is 0.000000432. The number of aromatic nitrogens is 1. The van der Waals surface area contributed by atoms with E-state index in [-0.39, 0.29) is 0 Å². The molecule has 8 heteroatoms. The molecule has 2 heterocycles. The van der Waals surface area contributed by atoms with Gasteiger partial charge in [0.25, 0.3) is 0 Å². The van der Waals surface area contributed by atoms with Crippen LogP contribution in [0.1, 0.15) is 26.2 Å². The van der Waals surface area contributed by atoms with Crippen LogP contribution < -0.4 is 5.32 Å². The van der Waals surface area contributed by atoms with Crippen LogP contribution in [0.3, 0.4) is 0 Å². The van der Waals surface area contributed by atoms with E-state index in [1.54, 1.807) is 25.7 Å². The number of likely N-dealkylation sites (tertiary alicyclic amines) is 1. The van der Waals surface area contributed by atoms with Gasteiger partial charge in [0.05, 0.1) is 16.7 Å². The van der Waals surface area contributed by atoms with Gasteiger partial charge in [0.1, 0.15) is 0 Å². The van der Waals surface area contributed by atoms with Crippen molar-refractivity contribution in [2.75, 3.05) is 31.5 Å². The first-order chi connectivity index (χ1) is 15.1. The quantitative estimate of drug-likeness (QED) is 0.207. The van der Waals surface area contributed by atoms with E-state index in [1.165, 1.54) is 0 Å². The molecule has 0 aliphatic carbocycles. The summed E-state index contributed by atoms with van der Waals surface area (Å²) in [6, 6.07) is 16.9. The van der Waals surface area contributed by atoms with E-state index >= 15 is 0 Å². The van der Waals surface area contributed by atoms with Gasteiger partial charge in [-0.3, -0.25) is 0 Å². The van der Waals surface area contributed by atoms with Gasteiger partial charge in [0.2, 0.25) is 0 Å². The largest absolute Gasteiger partial charge is 0.677 e. The van der Waals surface area contributed by atoms with E-state index < -0.39 is 0 Å². The van der Waals surface area contributed by atoms with Gasteiger partial charge in [-0.25, -0.2) is 4.98 Å². The summed E-state index contributed by atoms with van der Waals surface area (Å²) in [5.74, 6) is 0.408. The fourth-order valence-corrected chi connectivity index (χ4v) is 3.68. The number of nitrogens with one attached hydrogen (secondary N) is 3. The Morgan fingerprint density at radius 2 is 1.65 bits per heavy atom. The van der Waals surface area contributed by atoms with Gasteiger partial charge in [-0.1, -0.05) is 61.6 Å². The Morgan fingerprint density at radius 3 is 2.13 bits per heavy atom. The molecular weight excluding hydrogens is 591 g/mol. The number of para-hydroxylation sites is 2. The molecule has 0 unspecified atom stereocenters. The van der Waals surface area contributed by atoms with Gasteiger partial charge < -0.3 is 27.1 Å².